The van der Waals surface area contributed by atoms with Crippen molar-refractivity contribution in [3.8, 4) is 0 Å². The van der Waals surface area contributed by atoms with Crippen LogP contribution in [0.2, 0.25) is 0 Å². The van der Waals surface area contributed by atoms with Gasteiger partial charge in [-0.1, -0.05) is 30.3 Å². The van der Waals surface area contributed by atoms with E-state index in [1.807, 2.05) is 37.4 Å². The van der Waals surface area contributed by atoms with E-state index in [0.29, 0.717) is 30.7 Å². The predicted octanol–water partition coefficient (Wildman–Crippen LogP) is 1.53. The first-order chi connectivity index (χ1) is 12.4. The number of H-pyrrole nitrogens is 2. The number of fused-ring (bicyclic) bond motifs is 1. The number of nitrogens with zero attached hydrogens (tertiary/aromatic N) is 2. The third-order valence-electron chi connectivity index (χ3n) is 4.92. The highest BCUT2D eigenvalue weighted by atomic mass is 32.2. The molecule has 0 radical (unpaired) electrons. The van der Waals surface area contributed by atoms with E-state index in [4.69, 9.17) is 0 Å². The van der Waals surface area contributed by atoms with Crippen LogP contribution < -0.4 is 5.69 Å². The lowest BCUT2D eigenvalue weighted by Crippen LogP contribution is -2.48. The maximum Gasteiger partial charge on any atom is 0.323 e. The molecule has 0 amide bonds. The number of imidazole rings is 1. The van der Waals surface area contributed by atoms with Gasteiger partial charge in [-0.2, -0.15) is 4.31 Å². The lowest BCUT2D eigenvalue weighted by Gasteiger charge is -2.39. The molecule has 2 N–H and O–H groups in total. The van der Waals surface area contributed by atoms with Gasteiger partial charge in [0.2, 0.25) is 10.0 Å². The number of likely N-dealkylation sites (N-methyl/N-ethyl adjacent to an activating group) is 1. The highest BCUT2D eigenvalue weighted by Crippen LogP contribution is 2.28. The topological polar surface area (TPSA) is 89.3 Å². The molecule has 4 rings (SSSR count). The van der Waals surface area contributed by atoms with Crippen LogP contribution in [-0.2, 0) is 10.0 Å². The third-order valence-corrected chi connectivity index (χ3v) is 6.78. The minimum atomic E-state index is -3.64. The molecule has 0 spiro atoms. The number of hydrogen-bond donors (Lipinski definition) is 2. The summed E-state index contributed by atoms with van der Waals surface area (Å²) in [5.74, 6) is 0. The second-order valence-electron chi connectivity index (χ2n) is 6.56. The van der Waals surface area contributed by atoms with E-state index in [2.05, 4.69) is 14.9 Å². The van der Waals surface area contributed by atoms with Crippen molar-refractivity contribution in [2.24, 2.45) is 0 Å². The molecule has 26 heavy (non-hydrogen) atoms. The average molecular weight is 372 g/mol. The zero-order chi connectivity index (χ0) is 18.3. The fourth-order valence-electron chi connectivity index (χ4n) is 3.42. The van der Waals surface area contributed by atoms with Crippen LogP contribution in [-0.4, -0.2) is 54.3 Å². The summed E-state index contributed by atoms with van der Waals surface area (Å²) in [6.07, 6.45) is 0. The van der Waals surface area contributed by atoms with Gasteiger partial charge >= 0.3 is 5.69 Å². The van der Waals surface area contributed by atoms with E-state index in [0.717, 1.165) is 5.56 Å². The lowest BCUT2D eigenvalue weighted by atomic mass is 10.0. The van der Waals surface area contributed by atoms with E-state index in [9.17, 15) is 13.2 Å². The normalized spacial score (nSPS) is 19.8. The Labute approximate surface area is 151 Å². The van der Waals surface area contributed by atoms with Gasteiger partial charge in [0.15, 0.2) is 0 Å². The number of nitrogens with one attached hydrogen (secondary N) is 2. The minimum absolute atomic E-state index is 0.00974. The van der Waals surface area contributed by atoms with Crippen molar-refractivity contribution < 1.29 is 8.42 Å². The summed E-state index contributed by atoms with van der Waals surface area (Å²) >= 11 is 0. The first-order valence-corrected chi connectivity index (χ1v) is 9.86. The van der Waals surface area contributed by atoms with E-state index < -0.39 is 10.0 Å². The van der Waals surface area contributed by atoms with Crippen LogP contribution >= 0.6 is 0 Å². The summed E-state index contributed by atoms with van der Waals surface area (Å²) in [6.45, 7) is 1.48. The van der Waals surface area contributed by atoms with Gasteiger partial charge in [-0.15, -0.1) is 0 Å². The van der Waals surface area contributed by atoms with Crippen LogP contribution in [0.1, 0.15) is 11.6 Å². The van der Waals surface area contributed by atoms with Crippen molar-refractivity contribution in [3.05, 3.63) is 64.6 Å². The SMILES string of the molecule is CN1CCN(S(=O)(=O)c2ccc3[nH]c(=O)[nH]c3c2)CC1c1ccccc1. The van der Waals surface area contributed by atoms with E-state index in [-0.39, 0.29) is 16.6 Å². The van der Waals surface area contributed by atoms with Crippen LogP contribution in [0.3, 0.4) is 0 Å². The van der Waals surface area contributed by atoms with Gasteiger partial charge in [-0.3, -0.25) is 4.90 Å². The van der Waals surface area contributed by atoms with E-state index >= 15 is 0 Å². The molecular formula is C18H20N4O3S. The Morgan fingerprint density at radius 1 is 1.00 bits per heavy atom. The second-order valence-corrected chi connectivity index (χ2v) is 8.49. The van der Waals surface area contributed by atoms with Crippen molar-refractivity contribution in [2.75, 3.05) is 26.7 Å². The van der Waals surface area contributed by atoms with Crippen molar-refractivity contribution in [1.82, 2.24) is 19.2 Å². The molecule has 1 aromatic heterocycles. The minimum Gasteiger partial charge on any atom is -0.306 e. The Morgan fingerprint density at radius 3 is 2.50 bits per heavy atom. The molecule has 7 nitrogen and oxygen atoms in total. The molecule has 136 valence electrons. The molecule has 2 aromatic carbocycles. The molecule has 8 heteroatoms. The molecule has 1 aliphatic rings. The van der Waals surface area contributed by atoms with E-state index in [1.54, 1.807) is 6.07 Å². The highest BCUT2D eigenvalue weighted by Gasteiger charge is 2.33. The van der Waals surface area contributed by atoms with Crippen molar-refractivity contribution in [3.63, 3.8) is 0 Å². The summed E-state index contributed by atoms with van der Waals surface area (Å²) < 4.78 is 27.8. The van der Waals surface area contributed by atoms with Gasteiger partial charge in [0.1, 0.15) is 0 Å². The number of benzene rings is 2. The molecule has 1 aliphatic heterocycles. The molecule has 1 unspecified atom stereocenters. The number of sulfonamides is 1. The molecule has 1 fully saturated rings. The van der Waals surface area contributed by atoms with Crippen LogP contribution in [0.5, 0.6) is 0 Å². The molecular weight excluding hydrogens is 352 g/mol. The predicted molar refractivity (Wildman–Crippen MR) is 99.5 cm³/mol. The zero-order valence-electron chi connectivity index (χ0n) is 14.3. The molecule has 0 saturated carbocycles. The van der Waals surface area contributed by atoms with Gasteiger partial charge in [0.25, 0.3) is 0 Å². The van der Waals surface area contributed by atoms with Gasteiger partial charge in [0, 0.05) is 25.7 Å². The Kier molecular flexibility index (Phi) is 4.18. The lowest BCUT2D eigenvalue weighted by molar-refractivity contribution is 0.148. The first kappa shape index (κ1) is 17.0. The van der Waals surface area contributed by atoms with Crippen LogP contribution in [0, 0.1) is 0 Å². The number of hydrogen-bond acceptors (Lipinski definition) is 4. The number of rotatable bonds is 3. The van der Waals surface area contributed by atoms with Gasteiger partial charge in [-0.05, 0) is 30.8 Å². The summed E-state index contributed by atoms with van der Waals surface area (Å²) in [5.41, 5.74) is 1.83. The average Bonchev–Trinajstić information content (AvgIpc) is 3.02. The summed E-state index contributed by atoms with van der Waals surface area (Å²) in [4.78, 5) is 19.0. The zero-order valence-corrected chi connectivity index (χ0v) is 15.2. The fraction of sp³-hybridized carbons (Fsp3) is 0.278. The smallest absolute Gasteiger partial charge is 0.306 e. The Morgan fingerprint density at radius 2 is 1.73 bits per heavy atom. The Hall–Kier alpha value is -2.42. The Balaban J connectivity index is 1.67. The molecule has 0 aliphatic carbocycles. The number of piperazine rings is 1. The highest BCUT2D eigenvalue weighted by molar-refractivity contribution is 7.89. The summed E-state index contributed by atoms with van der Waals surface area (Å²) in [6, 6.07) is 14.6. The van der Waals surface area contributed by atoms with Gasteiger partial charge in [0.05, 0.1) is 15.9 Å². The monoisotopic (exact) mass is 372 g/mol. The number of aromatic nitrogens is 2. The van der Waals surface area contributed by atoms with Gasteiger partial charge in [-0.25, -0.2) is 13.2 Å². The van der Waals surface area contributed by atoms with Crippen LogP contribution in [0.4, 0.5) is 0 Å². The fourth-order valence-corrected chi connectivity index (χ4v) is 4.89. The molecule has 2 heterocycles. The van der Waals surface area contributed by atoms with Crippen LogP contribution in [0.25, 0.3) is 11.0 Å². The maximum atomic E-state index is 13.1. The summed E-state index contributed by atoms with van der Waals surface area (Å²) in [5, 5.41) is 0. The molecule has 1 saturated heterocycles. The standard InChI is InChI=1S/C18H20N4O3S/c1-21-9-10-22(12-17(21)13-5-3-2-4-6-13)26(24,25)14-7-8-15-16(11-14)20-18(23)19-15/h2-8,11,17H,9-10,12H2,1H3,(H2,19,20,23). The quantitative estimate of drug-likeness (QED) is 0.730. The van der Waals surface area contributed by atoms with Crippen molar-refractivity contribution in [1.29, 1.82) is 0 Å². The van der Waals surface area contributed by atoms with Crippen molar-refractivity contribution in [2.45, 2.75) is 10.9 Å². The summed E-state index contributed by atoms with van der Waals surface area (Å²) in [7, 11) is -1.63. The van der Waals surface area contributed by atoms with E-state index in [1.165, 1.54) is 16.4 Å². The Bertz CT molecular complexity index is 1090. The molecule has 3 aromatic rings. The van der Waals surface area contributed by atoms with Gasteiger partial charge < -0.3 is 9.97 Å². The van der Waals surface area contributed by atoms with Crippen LogP contribution in [0.15, 0.2) is 58.2 Å². The third kappa shape index (κ3) is 2.96. The maximum absolute atomic E-state index is 13.1. The molecule has 0 bridgehead atoms. The largest absolute Gasteiger partial charge is 0.323 e. The second kappa shape index (κ2) is 6.39. The number of aromatic amines is 2. The molecule has 1 atom stereocenters. The first-order valence-electron chi connectivity index (χ1n) is 8.42. The van der Waals surface area contributed by atoms with Crippen molar-refractivity contribution >= 4 is 21.1 Å².